The van der Waals surface area contributed by atoms with Gasteiger partial charge in [-0.3, -0.25) is 0 Å². The zero-order valence-electron chi connectivity index (χ0n) is 10.1. The van der Waals surface area contributed by atoms with E-state index in [9.17, 15) is 8.78 Å². The summed E-state index contributed by atoms with van der Waals surface area (Å²) in [4.78, 5) is 0. The first-order valence-corrected chi connectivity index (χ1v) is 5.47. The van der Waals surface area contributed by atoms with Crippen LogP contribution in [0.5, 0.6) is 0 Å². The predicted octanol–water partition coefficient (Wildman–Crippen LogP) is 2.68. The van der Waals surface area contributed by atoms with Crippen molar-refractivity contribution in [3.63, 3.8) is 0 Å². The van der Waals surface area contributed by atoms with Crippen molar-refractivity contribution in [3.05, 3.63) is 0 Å². The van der Waals surface area contributed by atoms with Gasteiger partial charge in [-0.05, 0) is 18.4 Å². The maximum atomic E-state index is 11.9. The Balaban J connectivity index is 3.91. The average Bonchev–Trinajstić information content (AvgIpc) is 2.08. The molecule has 0 aromatic carbocycles. The molecule has 0 saturated carbocycles. The van der Waals surface area contributed by atoms with Gasteiger partial charge in [0, 0.05) is 6.04 Å². The first-order valence-electron chi connectivity index (χ1n) is 5.47. The molecule has 0 radical (unpaired) electrons. The lowest BCUT2D eigenvalue weighted by molar-refractivity contribution is -0.00265. The fraction of sp³-hybridized carbons (Fsp3) is 1.00. The van der Waals surface area contributed by atoms with Crippen LogP contribution in [0.25, 0.3) is 0 Å². The molecule has 0 aliphatic carbocycles. The Morgan fingerprint density at radius 2 is 1.80 bits per heavy atom. The molecule has 0 aromatic rings. The molecule has 2 nitrogen and oxygen atoms in total. The van der Waals surface area contributed by atoms with Gasteiger partial charge in [0.15, 0.2) is 0 Å². The van der Waals surface area contributed by atoms with Crippen LogP contribution in [0.2, 0.25) is 0 Å². The summed E-state index contributed by atoms with van der Waals surface area (Å²) >= 11 is 0. The smallest absolute Gasteiger partial charge is 0.261 e. The van der Waals surface area contributed by atoms with Gasteiger partial charge in [-0.2, -0.15) is 0 Å². The monoisotopic (exact) mass is 223 g/mol. The summed E-state index contributed by atoms with van der Waals surface area (Å²) in [7, 11) is 0. The van der Waals surface area contributed by atoms with E-state index < -0.39 is 13.0 Å². The SMILES string of the molecule is CCCNC(COCC(F)F)C(C)(C)C. The zero-order chi connectivity index (χ0) is 11.9. The van der Waals surface area contributed by atoms with E-state index in [1.54, 1.807) is 0 Å². The van der Waals surface area contributed by atoms with Crippen molar-refractivity contribution in [2.45, 2.75) is 46.6 Å². The van der Waals surface area contributed by atoms with E-state index >= 15 is 0 Å². The minimum absolute atomic E-state index is 0.0251. The third-order valence-electron chi connectivity index (χ3n) is 2.21. The molecule has 0 fully saturated rings. The molecule has 0 rings (SSSR count). The second-order valence-electron chi connectivity index (χ2n) is 4.80. The van der Waals surface area contributed by atoms with Gasteiger partial charge in [0.2, 0.25) is 0 Å². The predicted molar refractivity (Wildman–Crippen MR) is 58.4 cm³/mol. The van der Waals surface area contributed by atoms with Gasteiger partial charge in [-0.1, -0.05) is 27.7 Å². The van der Waals surface area contributed by atoms with Crippen molar-refractivity contribution < 1.29 is 13.5 Å². The van der Waals surface area contributed by atoms with Gasteiger partial charge in [0.05, 0.1) is 6.61 Å². The van der Waals surface area contributed by atoms with Gasteiger partial charge in [0.25, 0.3) is 6.43 Å². The van der Waals surface area contributed by atoms with Crippen LogP contribution in [0.3, 0.4) is 0 Å². The molecule has 0 aliphatic rings. The zero-order valence-corrected chi connectivity index (χ0v) is 10.1. The molecule has 4 heteroatoms. The highest BCUT2D eigenvalue weighted by molar-refractivity contribution is 4.80. The summed E-state index contributed by atoms with van der Waals surface area (Å²) < 4.78 is 28.7. The largest absolute Gasteiger partial charge is 0.374 e. The third kappa shape index (κ3) is 7.68. The van der Waals surface area contributed by atoms with Crippen LogP contribution in [0, 0.1) is 5.41 Å². The number of hydrogen-bond acceptors (Lipinski definition) is 2. The first kappa shape index (κ1) is 14.8. The molecule has 0 aromatic heterocycles. The summed E-state index contributed by atoms with van der Waals surface area (Å²) in [6.45, 7) is 9.06. The molecule has 0 spiro atoms. The van der Waals surface area contributed by atoms with Gasteiger partial charge >= 0.3 is 0 Å². The van der Waals surface area contributed by atoms with Crippen molar-refractivity contribution >= 4 is 0 Å². The van der Waals surface area contributed by atoms with Crippen LogP contribution in [0.4, 0.5) is 8.78 Å². The number of alkyl halides is 2. The molecule has 0 heterocycles. The number of ether oxygens (including phenoxy) is 1. The molecule has 1 unspecified atom stereocenters. The standard InChI is InChI=1S/C11H23F2NO/c1-5-6-14-9(11(2,3)4)7-15-8-10(12)13/h9-10,14H,5-8H2,1-4H3. The molecule has 15 heavy (non-hydrogen) atoms. The van der Waals surface area contributed by atoms with E-state index in [0.717, 1.165) is 13.0 Å². The maximum Gasteiger partial charge on any atom is 0.261 e. The van der Waals surface area contributed by atoms with E-state index in [1.807, 2.05) is 0 Å². The van der Waals surface area contributed by atoms with E-state index in [1.165, 1.54) is 0 Å². The van der Waals surface area contributed by atoms with E-state index in [0.29, 0.717) is 6.61 Å². The molecule has 1 atom stereocenters. The van der Waals surface area contributed by atoms with Crippen molar-refractivity contribution in [1.29, 1.82) is 0 Å². The van der Waals surface area contributed by atoms with Crippen LogP contribution < -0.4 is 5.32 Å². The Kier molecular flexibility index (Phi) is 7.02. The Labute approximate surface area is 91.4 Å². The lowest BCUT2D eigenvalue weighted by Gasteiger charge is -2.31. The van der Waals surface area contributed by atoms with Crippen LogP contribution in [0.1, 0.15) is 34.1 Å². The van der Waals surface area contributed by atoms with E-state index in [-0.39, 0.29) is 11.5 Å². The minimum Gasteiger partial charge on any atom is -0.374 e. The van der Waals surface area contributed by atoms with E-state index in [4.69, 9.17) is 4.74 Å². The Hall–Kier alpha value is -0.220. The third-order valence-corrected chi connectivity index (χ3v) is 2.21. The molecule has 1 N–H and O–H groups in total. The lowest BCUT2D eigenvalue weighted by atomic mass is 9.87. The van der Waals surface area contributed by atoms with Crippen LogP contribution in [-0.4, -0.2) is 32.2 Å². The van der Waals surface area contributed by atoms with Crippen molar-refractivity contribution in [2.24, 2.45) is 5.41 Å². The highest BCUT2D eigenvalue weighted by Crippen LogP contribution is 2.19. The Morgan fingerprint density at radius 1 is 1.20 bits per heavy atom. The molecule has 0 aliphatic heterocycles. The minimum atomic E-state index is -2.38. The second kappa shape index (κ2) is 7.12. The van der Waals surface area contributed by atoms with Crippen LogP contribution >= 0.6 is 0 Å². The van der Waals surface area contributed by atoms with Gasteiger partial charge < -0.3 is 10.1 Å². The summed E-state index contributed by atoms with van der Waals surface area (Å²) in [6.07, 6.45) is -1.35. The van der Waals surface area contributed by atoms with Crippen molar-refractivity contribution in [3.8, 4) is 0 Å². The molecule has 0 saturated heterocycles. The number of rotatable bonds is 7. The molecular formula is C11H23F2NO. The Bertz CT molecular complexity index is 157. The molecule has 0 bridgehead atoms. The van der Waals surface area contributed by atoms with Gasteiger partial charge in [0.1, 0.15) is 6.61 Å². The molecule has 0 amide bonds. The quantitative estimate of drug-likeness (QED) is 0.716. The van der Waals surface area contributed by atoms with Gasteiger partial charge in [-0.15, -0.1) is 0 Å². The molecular weight excluding hydrogens is 200 g/mol. The summed E-state index contributed by atoms with van der Waals surface area (Å²) in [5, 5.41) is 3.31. The summed E-state index contributed by atoms with van der Waals surface area (Å²) in [6, 6.07) is 0.121. The van der Waals surface area contributed by atoms with Crippen LogP contribution in [-0.2, 0) is 4.74 Å². The summed E-state index contributed by atoms with van der Waals surface area (Å²) in [5.41, 5.74) is 0.0251. The van der Waals surface area contributed by atoms with E-state index in [2.05, 4.69) is 33.0 Å². The number of nitrogens with one attached hydrogen (secondary N) is 1. The van der Waals surface area contributed by atoms with Crippen LogP contribution in [0.15, 0.2) is 0 Å². The fourth-order valence-electron chi connectivity index (χ4n) is 1.21. The number of halogens is 2. The number of hydrogen-bond donors (Lipinski definition) is 1. The maximum absolute atomic E-state index is 11.9. The van der Waals surface area contributed by atoms with Gasteiger partial charge in [-0.25, -0.2) is 8.78 Å². The Morgan fingerprint density at radius 3 is 2.20 bits per heavy atom. The lowest BCUT2D eigenvalue weighted by Crippen LogP contribution is -2.44. The fourth-order valence-corrected chi connectivity index (χ4v) is 1.21. The van der Waals surface area contributed by atoms with Crippen molar-refractivity contribution in [2.75, 3.05) is 19.8 Å². The topological polar surface area (TPSA) is 21.3 Å². The summed E-state index contributed by atoms with van der Waals surface area (Å²) in [5.74, 6) is 0. The highest BCUT2D eigenvalue weighted by atomic mass is 19.3. The average molecular weight is 223 g/mol. The first-order chi connectivity index (χ1) is 6.88. The van der Waals surface area contributed by atoms with Crippen molar-refractivity contribution in [1.82, 2.24) is 5.32 Å². The normalized spacial score (nSPS) is 14.6. The second-order valence-corrected chi connectivity index (χ2v) is 4.80. The molecule has 92 valence electrons. The highest BCUT2D eigenvalue weighted by Gasteiger charge is 2.24.